The molecule has 112 valence electrons. The van der Waals surface area contributed by atoms with Crippen LogP contribution in [0.5, 0.6) is 0 Å². The van der Waals surface area contributed by atoms with Crippen molar-refractivity contribution in [2.24, 2.45) is 0 Å². The molecule has 0 aliphatic carbocycles. The van der Waals surface area contributed by atoms with E-state index in [1.54, 1.807) is 23.3 Å². The molecule has 21 heavy (non-hydrogen) atoms. The Kier molecular flexibility index (Phi) is 4.66. The van der Waals surface area contributed by atoms with Crippen LogP contribution in [0.3, 0.4) is 0 Å². The fourth-order valence-corrected chi connectivity index (χ4v) is 2.12. The largest absolute Gasteiger partial charge is 0.416 e. The second-order valence-electron chi connectivity index (χ2n) is 4.25. The fraction of sp³-hybridized carbons (Fsp3) is 0.231. The van der Waals surface area contributed by atoms with Crippen molar-refractivity contribution in [1.82, 2.24) is 14.9 Å². The van der Waals surface area contributed by atoms with Crippen LogP contribution >= 0.6 is 15.9 Å². The molecule has 2 rings (SSSR count). The lowest BCUT2D eigenvalue weighted by molar-refractivity contribution is -0.137. The number of carbonyl (C=O) groups excluding carboxylic acids is 1. The molecule has 1 aromatic heterocycles. The smallest absolute Gasteiger partial charge is 0.350 e. The van der Waals surface area contributed by atoms with E-state index in [9.17, 15) is 18.0 Å². The van der Waals surface area contributed by atoms with Gasteiger partial charge in [-0.25, -0.2) is 4.98 Å². The summed E-state index contributed by atoms with van der Waals surface area (Å²) in [6, 6.07) is 2.97. The summed E-state index contributed by atoms with van der Waals surface area (Å²) in [5, 5.41) is 2.57. The van der Waals surface area contributed by atoms with Gasteiger partial charge in [0.05, 0.1) is 17.5 Å². The molecular weight excluding hydrogens is 351 g/mol. The standard InChI is InChI=1S/C13H11BrF3N3O/c14-11-2-1-9(13(15,16)17)7-10(11)12(21)19-4-6-20-5-3-18-8-20/h1-3,5,7-8H,4,6H2,(H,19,21). The summed E-state index contributed by atoms with van der Waals surface area (Å²) in [6.45, 7) is 0.778. The normalized spacial score (nSPS) is 11.4. The highest BCUT2D eigenvalue weighted by Gasteiger charge is 2.31. The number of benzene rings is 1. The van der Waals surface area contributed by atoms with Gasteiger partial charge in [0.25, 0.3) is 5.91 Å². The zero-order valence-electron chi connectivity index (χ0n) is 10.7. The molecule has 0 saturated carbocycles. The highest BCUT2D eigenvalue weighted by Crippen LogP contribution is 2.31. The first-order valence-electron chi connectivity index (χ1n) is 5.98. The van der Waals surface area contributed by atoms with Crippen molar-refractivity contribution in [2.45, 2.75) is 12.7 Å². The summed E-state index contributed by atoms with van der Waals surface area (Å²) < 4.78 is 40.0. The molecule has 0 atom stereocenters. The SMILES string of the molecule is O=C(NCCn1ccnc1)c1cc(C(F)(F)F)ccc1Br. The summed E-state index contributed by atoms with van der Waals surface area (Å²) in [5.74, 6) is -0.562. The quantitative estimate of drug-likeness (QED) is 0.909. The lowest BCUT2D eigenvalue weighted by atomic mass is 10.1. The van der Waals surface area contributed by atoms with Gasteiger partial charge < -0.3 is 9.88 Å². The van der Waals surface area contributed by atoms with Gasteiger partial charge in [0.15, 0.2) is 0 Å². The van der Waals surface area contributed by atoms with Crippen LogP contribution in [0.2, 0.25) is 0 Å². The number of nitrogens with one attached hydrogen (secondary N) is 1. The average molecular weight is 362 g/mol. The molecule has 0 radical (unpaired) electrons. The first-order chi connectivity index (χ1) is 9.88. The number of halogens is 4. The molecule has 8 heteroatoms. The number of amides is 1. The maximum atomic E-state index is 12.6. The molecule has 1 amide bonds. The second kappa shape index (κ2) is 6.30. The Morgan fingerprint density at radius 3 is 2.76 bits per heavy atom. The lowest BCUT2D eigenvalue weighted by Crippen LogP contribution is -2.27. The molecule has 1 heterocycles. The number of rotatable bonds is 4. The van der Waals surface area contributed by atoms with Crippen molar-refractivity contribution in [3.8, 4) is 0 Å². The Balaban J connectivity index is 2.04. The van der Waals surface area contributed by atoms with Crippen molar-refractivity contribution in [3.63, 3.8) is 0 Å². The molecule has 4 nitrogen and oxygen atoms in total. The van der Waals surface area contributed by atoms with E-state index < -0.39 is 17.6 Å². The van der Waals surface area contributed by atoms with Gasteiger partial charge in [-0.3, -0.25) is 4.79 Å². The summed E-state index contributed by atoms with van der Waals surface area (Å²) in [6.07, 6.45) is 0.441. The molecule has 1 aromatic carbocycles. The fourth-order valence-electron chi connectivity index (χ4n) is 1.69. The molecule has 0 saturated heterocycles. The van der Waals surface area contributed by atoms with Gasteiger partial charge >= 0.3 is 6.18 Å². The van der Waals surface area contributed by atoms with Crippen LogP contribution in [0.4, 0.5) is 13.2 Å². The van der Waals surface area contributed by atoms with Gasteiger partial charge in [-0.1, -0.05) is 0 Å². The van der Waals surface area contributed by atoms with Gasteiger partial charge in [0, 0.05) is 30.0 Å². The van der Waals surface area contributed by atoms with Crippen LogP contribution in [-0.4, -0.2) is 22.0 Å². The number of hydrogen-bond acceptors (Lipinski definition) is 2. The first kappa shape index (κ1) is 15.6. The van der Waals surface area contributed by atoms with Crippen LogP contribution in [0.25, 0.3) is 0 Å². The van der Waals surface area contributed by atoms with E-state index in [4.69, 9.17) is 0 Å². The Hall–Kier alpha value is -1.83. The van der Waals surface area contributed by atoms with Crippen LogP contribution in [0.1, 0.15) is 15.9 Å². The third-order valence-corrected chi connectivity index (χ3v) is 3.44. The predicted molar refractivity (Wildman–Crippen MR) is 73.7 cm³/mol. The summed E-state index contributed by atoms with van der Waals surface area (Å²) in [5.41, 5.74) is -0.902. The van der Waals surface area contributed by atoms with Crippen LogP contribution in [-0.2, 0) is 12.7 Å². The number of alkyl halides is 3. The Morgan fingerprint density at radius 2 is 2.14 bits per heavy atom. The van der Waals surface area contributed by atoms with E-state index >= 15 is 0 Å². The maximum Gasteiger partial charge on any atom is 0.416 e. The number of aromatic nitrogens is 2. The molecule has 0 unspecified atom stereocenters. The van der Waals surface area contributed by atoms with Crippen molar-refractivity contribution >= 4 is 21.8 Å². The molecule has 0 fully saturated rings. The first-order valence-corrected chi connectivity index (χ1v) is 6.78. The van der Waals surface area contributed by atoms with Gasteiger partial charge in [0.2, 0.25) is 0 Å². The Bertz CT molecular complexity index is 626. The van der Waals surface area contributed by atoms with Crippen LogP contribution in [0, 0.1) is 0 Å². The van der Waals surface area contributed by atoms with Crippen molar-refractivity contribution < 1.29 is 18.0 Å². The highest BCUT2D eigenvalue weighted by molar-refractivity contribution is 9.10. The second-order valence-corrected chi connectivity index (χ2v) is 5.10. The average Bonchev–Trinajstić information content (AvgIpc) is 2.91. The van der Waals surface area contributed by atoms with Gasteiger partial charge in [-0.05, 0) is 34.1 Å². The van der Waals surface area contributed by atoms with Gasteiger partial charge in [-0.2, -0.15) is 13.2 Å². The molecule has 0 aliphatic rings. The number of carbonyl (C=O) groups is 1. The van der Waals surface area contributed by atoms with Crippen molar-refractivity contribution in [2.75, 3.05) is 6.54 Å². The van der Waals surface area contributed by atoms with E-state index in [1.807, 2.05) is 0 Å². The number of hydrogen-bond donors (Lipinski definition) is 1. The predicted octanol–water partition coefficient (Wildman–Crippen LogP) is 3.09. The topological polar surface area (TPSA) is 46.9 Å². The zero-order valence-corrected chi connectivity index (χ0v) is 12.3. The van der Waals surface area contributed by atoms with E-state index in [2.05, 4.69) is 26.2 Å². The Morgan fingerprint density at radius 1 is 1.38 bits per heavy atom. The van der Waals surface area contributed by atoms with Crippen molar-refractivity contribution in [3.05, 3.63) is 52.5 Å². The van der Waals surface area contributed by atoms with Crippen molar-refractivity contribution in [1.29, 1.82) is 0 Å². The molecule has 0 aliphatic heterocycles. The van der Waals surface area contributed by atoms with E-state index in [0.717, 1.165) is 12.1 Å². The lowest BCUT2D eigenvalue weighted by Gasteiger charge is -2.11. The van der Waals surface area contributed by atoms with E-state index in [1.165, 1.54) is 6.07 Å². The molecule has 2 aromatic rings. The Labute approximate surface area is 127 Å². The number of imidazole rings is 1. The monoisotopic (exact) mass is 361 g/mol. The summed E-state index contributed by atoms with van der Waals surface area (Å²) in [7, 11) is 0. The van der Waals surface area contributed by atoms with E-state index in [-0.39, 0.29) is 12.1 Å². The number of nitrogens with zero attached hydrogens (tertiary/aromatic N) is 2. The van der Waals surface area contributed by atoms with E-state index in [0.29, 0.717) is 11.0 Å². The summed E-state index contributed by atoms with van der Waals surface area (Å²) >= 11 is 3.09. The minimum absolute atomic E-state index is 0.0459. The summed E-state index contributed by atoms with van der Waals surface area (Å²) in [4.78, 5) is 15.8. The molecular formula is C13H11BrF3N3O. The minimum atomic E-state index is -4.48. The van der Waals surface area contributed by atoms with Gasteiger partial charge in [-0.15, -0.1) is 0 Å². The minimum Gasteiger partial charge on any atom is -0.350 e. The van der Waals surface area contributed by atoms with Gasteiger partial charge in [0.1, 0.15) is 0 Å². The molecule has 1 N–H and O–H groups in total. The third kappa shape index (κ3) is 4.07. The maximum absolute atomic E-state index is 12.6. The molecule has 0 bridgehead atoms. The molecule has 0 spiro atoms. The van der Waals surface area contributed by atoms with Crippen LogP contribution in [0.15, 0.2) is 41.4 Å². The zero-order chi connectivity index (χ0) is 15.5. The third-order valence-electron chi connectivity index (χ3n) is 2.75. The highest BCUT2D eigenvalue weighted by atomic mass is 79.9. The van der Waals surface area contributed by atoms with Crippen LogP contribution < -0.4 is 5.32 Å².